The van der Waals surface area contributed by atoms with Gasteiger partial charge in [-0.25, -0.2) is 0 Å². The molecule has 0 saturated heterocycles. The fourth-order valence-electron chi connectivity index (χ4n) is 2.11. The van der Waals surface area contributed by atoms with Crippen molar-refractivity contribution < 1.29 is 4.39 Å². The molecular formula is C9H16FN. The monoisotopic (exact) mass is 157 g/mol. The summed E-state index contributed by atoms with van der Waals surface area (Å²) in [5.41, 5.74) is 5.89. The standard InChI is InChI=1S/C9H16FN/c10-6-8(7-2-1-3-7)9(11)4-5-9/h7-8H,1-6,11H2. The number of alkyl halides is 1. The van der Waals surface area contributed by atoms with Crippen LogP contribution >= 0.6 is 0 Å². The van der Waals surface area contributed by atoms with Crippen molar-refractivity contribution in [1.82, 2.24) is 0 Å². The van der Waals surface area contributed by atoms with Gasteiger partial charge < -0.3 is 5.73 Å². The highest BCUT2D eigenvalue weighted by molar-refractivity contribution is 5.06. The van der Waals surface area contributed by atoms with Crippen LogP contribution in [0.3, 0.4) is 0 Å². The molecule has 2 aliphatic rings. The average molecular weight is 157 g/mol. The second kappa shape index (κ2) is 2.44. The molecule has 2 rings (SSSR count). The van der Waals surface area contributed by atoms with Crippen LogP contribution in [0.4, 0.5) is 4.39 Å². The minimum atomic E-state index is -0.193. The summed E-state index contributed by atoms with van der Waals surface area (Å²) in [6.45, 7) is -0.193. The van der Waals surface area contributed by atoms with E-state index in [4.69, 9.17) is 5.73 Å². The lowest BCUT2D eigenvalue weighted by Crippen LogP contribution is -2.41. The molecule has 64 valence electrons. The van der Waals surface area contributed by atoms with Gasteiger partial charge in [-0.1, -0.05) is 19.3 Å². The first kappa shape index (κ1) is 7.53. The Bertz CT molecular complexity index is 150. The zero-order chi connectivity index (χ0) is 7.90. The molecule has 2 aliphatic carbocycles. The van der Waals surface area contributed by atoms with Gasteiger partial charge in [-0.2, -0.15) is 0 Å². The molecule has 0 aromatic heterocycles. The van der Waals surface area contributed by atoms with Crippen molar-refractivity contribution >= 4 is 0 Å². The van der Waals surface area contributed by atoms with Crippen LogP contribution in [-0.2, 0) is 0 Å². The van der Waals surface area contributed by atoms with Crippen molar-refractivity contribution in [3.05, 3.63) is 0 Å². The van der Waals surface area contributed by atoms with Gasteiger partial charge in [-0.15, -0.1) is 0 Å². The third-order valence-electron chi connectivity index (χ3n) is 3.45. The average Bonchev–Trinajstić information content (AvgIpc) is 2.59. The van der Waals surface area contributed by atoms with Crippen molar-refractivity contribution in [2.24, 2.45) is 17.6 Å². The zero-order valence-corrected chi connectivity index (χ0v) is 6.85. The van der Waals surface area contributed by atoms with E-state index < -0.39 is 0 Å². The highest BCUT2D eigenvalue weighted by atomic mass is 19.1. The predicted octanol–water partition coefficient (Wildman–Crippen LogP) is 1.86. The van der Waals surface area contributed by atoms with Crippen LogP contribution in [0.5, 0.6) is 0 Å². The maximum atomic E-state index is 12.6. The van der Waals surface area contributed by atoms with Crippen molar-refractivity contribution in [2.75, 3.05) is 6.67 Å². The zero-order valence-electron chi connectivity index (χ0n) is 6.85. The Labute approximate surface area is 67.2 Å². The minimum absolute atomic E-state index is 0.0835. The summed E-state index contributed by atoms with van der Waals surface area (Å²) in [7, 11) is 0. The van der Waals surface area contributed by atoms with Crippen molar-refractivity contribution in [3.63, 3.8) is 0 Å². The summed E-state index contributed by atoms with van der Waals surface area (Å²) in [5, 5.41) is 0. The first-order valence-electron chi connectivity index (χ1n) is 4.61. The van der Waals surface area contributed by atoms with Crippen LogP contribution < -0.4 is 5.73 Å². The van der Waals surface area contributed by atoms with Crippen LogP contribution in [-0.4, -0.2) is 12.2 Å². The topological polar surface area (TPSA) is 26.0 Å². The molecule has 0 aromatic carbocycles. The quantitative estimate of drug-likeness (QED) is 0.665. The second-order valence-corrected chi connectivity index (χ2v) is 4.18. The Balaban J connectivity index is 1.94. The van der Waals surface area contributed by atoms with Gasteiger partial charge in [-0.05, 0) is 18.8 Å². The van der Waals surface area contributed by atoms with E-state index in [9.17, 15) is 4.39 Å². The van der Waals surface area contributed by atoms with Crippen LogP contribution in [0.2, 0.25) is 0 Å². The Morgan fingerprint density at radius 2 is 2.09 bits per heavy atom. The summed E-state index contributed by atoms with van der Waals surface area (Å²) in [6, 6.07) is 0. The van der Waals surface area contributed by atoms with Crippen molar-refractivity contribution in [2.45, 2.75) is 37.6 Å². The van der Waals surface area contributed by atoms with Crippen LogP contribution in [0.25, 0.3) is 0 Å². The number of hydrogen-bond acceptors (Lipinski definition) is 1. The van der Waals surface area contributed by atoms with E-state index in [2.05, 4.69) is 0 Å². The number of hydrogen-bond donors (Lipinski definition) is 1. The van der Waals surface area contributed by atoms with E-state index in [-0.39, 0.29) is 18.1 Å². The molecule has 0 heterocycles. The second-order valence-electron chi connectivity index (χ2n) is 4.18. The molecule has 1 unspecified atom stereocenters. The highest BCUT2D eigenvalue weighted by Crippen LogP contribution is 2.48. The molecule has 0 amide bonds. The fraction of sp³-hybridized carbons (Fsp3) is 1.00. The van der Waals surface area contributed by atoms with E-state index in [0.717, 1.165) is 12.8 Å². The predicted molar refractivity (Wildman–Crippen MR) is 43.0 cm³/mol. The lowest BCUT2D eigenvalue weighted by molar-refractivity contribution is 0.137. The lowest BCUT2D eigenvalue weighted by Gasteiger charge is -2.35. The van der Waals surface area contributed by atoms with E-state index in [1.54, 1.807) is 0 Å². The maximum absolute atomic E-state index is 12.6. The molecule has 0 bridgehead atoms. The smallest absolute Gasteiger partial charge is 0.0942 e. The largest absolute Gasteiger partial charge is 0.325 e. The molecule has 11 heavy (non-hydrogen) atoms. The number of nitrogens with two attached hydrogens (primary N) is 1. The van der Waals surface area contributed by atoms with Gasteiger partial charge in [0.1, 0.15) is 0 Å². The van der Waals surface area contributed by atoms with Gasteiger partial charge in [0.2, 0.25) is 0 Å². The summed E-state index contributed by atoms with van der Waals surface area (Å²) in [4.78, 5) is 0. The maximum Gasteiger partial charge on any atom is 0.0942 e. The molecule has 2 saturated carbocycles. The first-order valence-corrected chi connectivity index (χ1v) is 4.61. The van der Waals surface area contributed by atoms with Crippen LogP contribution in [0, 0.1) is 11.8 Å². The molecular weight excluding hydrogens is 141 g/mol. The third kappa shape index (κ3) is 1.18. The molecule has 2 heteroatoms. The van der Waals surface area contributed by atoms with Crippen LogP contribution in [0.1, 0.15) is 32.1 Å². The lowest BCUT2D eigenvalue weighted by atomic mass is 9.72. The van der Waals surface area contributed by atoms with Gasteiger partial charge >= 0.3 is 0 Å². The van der Waals surface area contributed by atoms with Gasteiger partial charge in [0, 0.05) is 11.5 Å². The summed E-state index contributed by atoms with van der Waals surface area (Å²) in [6.07, 6.45) is 5.83. The molecule has 1 atom stereocenters. The summed E-state index contributed by atoms with van der Waals surface area (Å²) < 4.78 is 12.6. The van der Waals surface area contributed by atoms with Crippen LogP contribution in [0.15, 0.2) is 0 Å². The number of halogens is 1. The van der Waals surface area contributed by atoms with Gasteiger partial charge in [-0.3, -0.25) is 4.39 Å². The minimum Gasteiger partial charge on any atom is -0.325 e. The molecule has 2 fully saturated rings. The van der Waals surface area contributed by atoms with Gasteiger partial charge in [0.05, 0.1) is 6.67 Å². The molecule has 1 nitrogen and oxygen atoms in total. The Morgan fingerprint density at radius 3 is 2.36 bits per heavy atom. The normalized spacial score (nSPS) is 31.1. The van der Waals surface area contributed by atoms with E-state index in [1.807, 2.05) is 0 Å². The molecule has 0 aliphatic heterocycles. The Kier molecular flexibility index (Phi) is 1.67. The van der Waals surface area contributed by atoms with Gasteiger partial charge in [0.15, 0.2) is 0 Å². The van der Waals surface area contributed by atoms with Crippen molar-refractivity contribution in [3.8, 4) is 0 Å². The van der Waals surface area contributed by atoms with E-state index in [1.165, 1.54) is 19.3 Å². The number of rotatable bonds is 3. The Hall–Kier alpha value is -0.110. The molecule has 0 radical (unpaired) electrons. The summed E-state index contributed by atoms with van der Waals surface area (Å²) >= 11 is 0. The molecule has 0 spiro atoms. The van der Waals surface area contributed by atoms with Crippen molar-refractivity contribution in [1.29, 1.82) is 0 Å². The third-order valence-corrected chi connectivity index (χ3v) is 3.45. The highest BCUT2D eigenvalue weighted by Gasteiger charge is 2.49. The van der Waals surface area contributed by atoms with E-state index in [0.29, 0.717) is 5.92 Å². The van der Waals surface area contributed by atoms with E-state index >= 15 is 0 Å². The Morgan fingerprint density at radius 1 is 1.45 bits per heavy atom. The summed E-state index contributed by atoms with van der Waals surface area (Å²) in [5.74, 6) is 0.809. The molecule has 2 N–H and O–H groups in total. The fourth-order valence-corrected chi connectivity index (χ4v) is 2.11. The molecule has 0 aromatic rings. The first-order chi connectivity index (χ1) is 5.26. The SMILES string of the molecule is NC1(C(CF)C2CCC2)CC1. The van der Waals surface area contributed by atoms with Gasteiger partial charge in [0.25, 0.3) is 0 Å².